The highest BCUT2D eigenvalue weighted by Crippen LogP contribution is 2.24. The molecule has 1 fully saturated rings. The van der Waals surface area contributed by atoms with Gasteiger partial charge >= 0.3 is 5.97 Å². The molecule has 8 heteroatoms. The third-order valence-electron chi connectivity index (χ3n) is 2.90. The van der Waals surface area contributed by atoms with Crippen LogP contribution in [0.15, 0.2) is 18.2 Å². The summed E-state index contributed by atoms with van der Waals surface area (Å²) < 4.78 is 0. The van der Waals surface area contributed by atoms with Crippen LogP contribution in [0.5, 0.6) is 0 Å². The molecule has 1 saturated heterocycles. The molecule has 0 aliphatic carbocycles. The van der Waals surface area contributed by atoms with Gasteiger partial charge in [0.15, 0.2) is 0 Å². The van der Waals surface area contributed by atoms with Crippen molar-refractivity contribution in [2.45, 2.75) is 6.04 Å². The molecule has 0 saturated carbocycles. The molecule has 0 aromatic heterocycles. The summed E-state index contributed by atoms with van der Waals surface area (Å²) in [4.78, 5) is 35.8. The topological polar surface area (TPSA) is 86.7 Å². The summed E-state index contributed by atoms with van der Waals surface area (Å²) in [6.45, 7) is -0.433. The van der Waals surface area contributed by atoms with Crippen molar-refractivity contribution in [3.05, 3.63) is 33.8 Å². The number of carboxylic acids is 1. The van der Waals surface area contributed by atoms with Crippen LogP contribution in [0.4, 0.5) is 0 Å². The van der Waals surface area contributed by atoms with E-state index in [1.807, 2.05) is 0 Å². The second-order valence-electron chi connectivity index (χ2n) is 4.22. The largest absolute Gasteiger partial charge is 0.480 e. The zero-order chi connectivity index (χ0) is 14.9. The first kappa shape index (κ1) is 14.6. The first-order valence-electron chi connectivity index (χ1n) is 5.65. The molecular weight excluding hydrogens is 307 g/mol. The quantitative estimate of drug-likeness (QED) is 0.852. The molecule has 0 bridgehead atoms. The maximum absolute atomic E-state index is 12.3. The van der Waals surface area contributed by atoms with Crippen LogP contribution < -0.4 is 5.32 Å². The summed E-state index contributed by atoms with van der Waals surface area (Å²) in [5.41, 5.74) is 0.181. The van der Waals surface area contributed by atoms with Crippen molar-refractivity contribution < 1.29 is 19.5 Å². The number of amides is 2. The van der Waals surface area contributed by atoms with Gasteiger partial charge in [-0.05, 0) is 18.2 Å². The predicted molar refractivity (Wildman–Crippen MR) is 71.9 cm³/mol. The maximum atomic E-state index is 12.3. The Labute approximate surface area is 124 Å². The van der Waals surface area contributed by atoms with Gasteiger partial charge in [0.25, 0.3) is 5.91 Å². The number of halogens is 2. The Hall–Kier alpha value is -1.79. The number of rotatable bonds is 2. The smallest absolute Gasteiger partial charge is 0.328 e. The van der Waals surface area contributed by atoms with Crippen molar-refractivity contribution in [2.24, 2.45) is 0 Å². The molecule has 1 aliphatic heterocycles. The first-order chi connectivity index (χ1) is 9.40. The fourth-order valence-electron chi connectivity index (χ4n) is 1.87. The van der Waals surface area contributed by atoms with Crippen LogP contribution in [0.25, 0.3) is 0 Å². The lowest BCUT2D eigenvalue weighted by Gasteiger charge is -2.32. The van der Waals surface area contributed by atoms with E-state index in [0.717, 1.165) is 4.90 Å². The second kappa shape index (κ2) is 5.68. The Morgan fingerprint density at radius 2 is 2.00 bits per heavy atom. The lowest BCUT2D eigenvalue weighted by molar-refractivity contribution is -0.144. The maximum Gasteiger partial charge on any atom is 0.328 e. The molecule has 6 nitrogen and oxygen atoms in total. The van der Waals surface area contributed by atoms with Gasteiger partial charge in [0.2, 0.25) is 5.91 Å². The van der Waals surface area contributed by atoms with Gasteiger partial charge in [-0.15, -0.1) is 0 Å². The SMILES string of the molecule is O=C1CN(C(=O)c2ccc(Cl)c(Cl)c2)C(C(=O)O)CN1. The molecule has 2 rings (SSSR count). The van der Waals surface area contributed by atoms with Crippen molar-refractivity contribution >= 4 is 41.0 Å². The molecule has 20 heavy (non-hydrogen) atoms. The van der Waals surface area contributed by atoms with E-state index in [-0.39, 0.29) is 28.7 Å². The Kier molecular flexibility index (Phi) is 4.15. The van der Waals surface area contributed by atoms with E-state index in [0.29, 0.717) is 0 Å². The molecule has 106 valence electrons. The van der Waals surface area contributed by atoms with Gasteiger partial charge in [-0.2, -0.15) is 0 Å². The number of nitrogens with zero attached hydrogens (tertiary/aromatic N) is 1. The zero-order valence-corrected chi connectivity index (χ0v) is 11.6. The van der Waals surface area contributed by atoms with E-state index < -0.39 is 23.8 Å². The van der Waals surface area contributed by atoms with E-state index in [1.165, 1.54) is 18.2 Å². The normalized spacial score (nSPS) is 18.6. The minimum atomic E-state index is -1.18. The van der Waals surface area contributed by atoms with Gasteiger partial charge in [0.1, 0.15) is 12.6 Å². The summed E-state index contributed by atoms with van der Waals surface area (Å²) in [6, 6.07) is 3.12. The van der Waals surface area contributed by atoms with Crippen LogP contribution in [0.3, 0.4) is 0 Å². The highest BCUT2D eigenvalue weighted by molar-refractivity contribution is 6.42. The van der Waals surface area contributed by atoms with Crippen LogP contribution in [-0.2, 0) is 9.59 Å². The molecular formula is C12H10Cl2N2O4. The number of piperazine rings is 1. The minimum absolute atomic E-state index is 0.124. The van der Waals surface area contributed by atoms with Crippen molar-refractivity contribution in [2.75, 3.05) is 13.1 Å². The van der Waals surface area contributed by atoms with Gasteiger partial charge in [-0.1, -0.05) is 23.2 Å². The Morgan fingerprint density at radius 3 is 2.60 bits per heavy atom. The first-order valence-corrected chi connectivity index (χ1v) is 6.41. The number of aliphatic carboxylic acids is 1. The molecule has 2 N–H and O–H groups in total. The number of benzene rings is 1. The Balaban J connectivity index is 2.31. The standard InChI is InChI=1S/C12H10Cl2N2O4/c13-7-2-1-6(3-8(7)14)11(18)16-5-10(17)15-4-9(16)12(19)20/h1-3,9H,4-5H2,(H,15,17)(H,19,20). The fraction of sp³-hybridized carbons (Fsp3) is 0.250. The average Bonchev–Trinajstić information content (AvgIpc) is 2.40. The van der Waals surface area contributed by atoms with Crippen LogP contribution in [0.1, 0.15) is 10.4 Å². The lowest BCUT2D eigenvalue weighted by atomic mass is 10.1. The second-order valence-corrected chi connectivity index (χ2v) is 5.03. The van der Waals surface area contributed by atoms with Gasteiger partial charge in [-0.25, -0.2) is 4.79 Å². The molecule has 1 atom stereocenters. The highest BCUT2D eigenvalue weighted by Gasteiger charge is 2.35. The summed E-state index contributed by atoms with van der Waals surface area (Å²) >= 11 is 11.6. The number of carboxylic acid groups (broad SMARTS) is 1. The molecule has 1 aromatic rings. The molecule has 1 unspecified atom stereocenters. The molecule has 0 radical (unpaired) electrons. The monoisotopic (exact) mass is 316 g/mol. The minimum Gasteiger partial charge on any atom is -0.480 e. The van der Waals surface area contributed by atoms with E-state index in [9.17, 15) is 14.4 Å². The highest BCUT2D eigenvalue weighted by atomic mass is 35.5. The van der Waals surface area contributed by atoms with E-state index in [4.69, 9.17) is 28.3 Å². The number of carbonyl (C=O) groups is 3. The predicted octanol–water partition coefficient (Wildman–Crippen LogP) is 1.02. The number of nitrogens with one attached hydrogen (secondary N) is 1. The summed E-state index contributed by atoms with van der Waals surface area (Å²) in [7, 11) is 0. The summed E-state index contributed by atoms with van der Waals surface area (Å²) in [5, 5.41) is 12.0. The van der Waals surface area contributed by atoms with Gasteiger partial charge in [-0.3, -0.25) is 9.59 Å². The number of carbonyl (C=O) groups excluding carboxylic acids is 2. The molecule has 1 aromatic carbocycles. The van der Waals surface area contributed by atoms with Crippen LogP contribution in [0, 0.1) is 0 Å². The Morgan fingerprint density at radius 1 is 1.30 bits per heavy atom. The van der Waals surface area contributed by atoms with E-state index in [1.54, 1.807) is 0 Å². The lowest BCUT2D eigenvalue weighted by Crippen LogP contribution is -2.59. The van der Waals surface area contributed by atoms with Gasteiger partial charge in [0.05, 0.1) is 10.0 Å². The van der Waals surface area contributed by atoms with Crippen LogP contribution in [-0.4, -0.2) is 46.9 Å². The van der Waals surface area contributed by atoms with Crippen LogP contribution >= 0.6 is 23.2 Å². The van der Waals surface area contributed by atoms with Crippen molar-refractivity contribution in [1.29, 1.82) is 0 Å². The number of hydrogen-bond donors (Lipinski definition) is 2. The molecule has 0 spiro atoms. The third-order valence-corrected chi connectivity index (χ3v) is 3.63. The summed E-state index contributed by atoms with van der Waals surface area (Å²) in [6.07, 6.45) is 0. The van der Waals surface area contributed by atoms with Crippen molar-refractivity contribution in [1.82, 2.24) is 10.2 Å². The molecule has 1 heterocycles. The van der Waals surface area contributed by atoms with Crippen LogP contribution in [0.2, 0.25) is 10.0 Å². The van der Waals surface area contributed by atoms with Gasteiger partial charge in [0, 0.05) is 12.1 Å². The average molecular weight is 317 g/mol. The number of hydrogen-bond acceptors (Lipinski definition) is 3. The molecule has 2 amide bonds. The third kappa shape index (κ3) is 2.86. The van der Waals surface area contributed by atoms with Crippen molar-refractivity contribution in [3.8, 4) is 0 Å². The fourth-order valence-corrected chi connectivity index (χ4v) is 2.17. The molecule has 1 aliphatic rings. The zero-order valence-electron chi connectivity index (χ0n) is 10.1. The Bertz CT molecular complexity index is 591. The van der Waals surface area contributed by atoms with Gasteiger partial charge < -0.3 is 15.3 Å². The van der Waals surface area contributed by atoms with E-state index in [2.05, 4.69) is 5.32 Å². The summed E-state index contributed by atoms with van der Waals surface area (Å²) in [5.74, 6) is -2.17. The van der Waals surface area contributed by atoms with Crippen molar-refractivity contribution in [3.63, 3.8) is 0 Å². The van der Waals surface area contributed by atoms with E-state index >= 15 is 0 Å².